The lowest BCUT2D eigenvalue weighted by molar-refractivity contribution is -0.274. The number of halogens is 4. The summed E-state index contributed by atoms with van der Waals surface area (Å²) in [5.41, 5.74) is -1.11. The molecular weight excluding hydrogens is 441 g/mol. The number of aromatic nitrogens is 1. The highest BCUT2D eigenvalue weighted by atomic mass is 35.5. The van der Waals surface area contributed by atoms with Crippen LogP contribution in [0.3, 0.4) is 0 Å². The van der Waals surface area contributed by atoms with Gasteiger partial charge in [0.2, 0.25) is 5.88 Å². The first-order valence-corrected chi connectivity index (χ1v) is 10.0. The maximum Gasteiger partial charge on any atom is 0.422 e. The van der Waals surface area contributed by atoms with Gasteiger partial charge in [-0.3, -0.25) is 0 Å². The van der Waals surface area contributed by atoms with Crippen LogP contribution < -0.4 is 4.74 Å². The molecule has 1 aromatic heterocycles. The Hall–Kier alpha value is -3.08. The van der Waals surface area contributed by atoms with Crippen molar-refractivity contribution in [2.45, 2.75) is 31.0 Å². The molecule has 2 unspecified atom stereocenters. The van der Waals surface area contributed by atoms with Gasteiger partial charge >= 0.3 is 6.18 Å². The quantitative estimate of drug-likeness (QED) is 0.487. The van der Waals surface area contributed by atoms with Crippen molar-refractivity contribution >= 4 is 11.6 Å². The lowest BCUT2D eigenvalue weighted by Crippen LogP contribution is -2.46. The Morgan fingerprint density at radius 2 is 1.75 bits per heavy atom. The van der Waals surface area contributed by atoms with E-state index in [1.807, 2.05) is 24.3 Å². The molecule has 2 aromatic carbocycles. The fourth-order valence-electron chi connectivity index (χ4n) is 3.57. The van der Waals surface area contributed by atoms with Crippen molar-refractivity contribution in [3.8, 4) is 23.1 Å². The molecule has 8 heteroatoms. The second-order valence-electron chi connectivity index (χ2n) is 7.34. The Morgan fingerprint density at radius 1 is 1.09 bits per heavy atom. The molecule has 0 fully saturated rings. The molecule has 0 amide bonds. The zero-order chi connectivity index (χ0) is 23.5. The molecule has 4 nitrogen and oxygen atoms in total. The van der Waals surface area contributed by atoms with E-state index in [0.717, 1.165) is 23.4 Å². The first-order valence-electron chi connectivity index (χ1n) is 9.67. The molecule has 0 saturated carbocycles. The summed E-state index contributed by atoms with van der Waals surface area (Å²) in [6, 6.07) is 16.4. The van der Waals surface area contributed by atoms with Gasteiger partial charge in [-0.15, -0.1) is 0 Å². The Morgan fingerprint density at radius 3 is 2.25 bits per heavy atom. The molecule has 0 spiro atoms. The van der Waals surface area contributed by atoms with Crippen molar-refractivity contribution in [1.29, 1.82) is 5.26 Å². The Balaban J connectivity index is 2.00. The summed E-state index contributed by atoms with van der Waals surface area (Å²) in [7, 11) is 1.35. The second kappa shape index (κ2) is 9.19. The first-order chi connectivity index (χ1) is 15.1. The van der Waals surface area contributed by atoms with Crippen molar-refractivity contribution < 1.29 is 23.0 Å². The number of methoxy groups -OCH3 is 1. The van der Waals surface area contributed by atoms with E-state index in [0.29, 0.717) is 5.56 Å². The molecule has 1 heterocycles. The van der Waals surface area contributed by atoms with Crippen LogP contribution in [0.5, 0.6) is 5.88 Å². The molecule has 0 radical (unpaired) electrons. The van der Waals surface area contributed by atoms with Gasteiger partial charge in [0.15, 0.2) is 5.60 Å². The summed E-state index contributed by atoms with van der Waals surface area (Å²) in [6.45, 7) is 1.27. The standard InChI is InChI=1S/C24H20ClF3N2O2/c1-15(23(31,24(26,27)28)19-8-10-22(32-2)30-14-19)20-9-7-18(13-21(20)25)17-5-3-16(4-6-17)11-12-29/h3-10,13-15,31H,11H2,1-2H3. The third kappa shape index (κ3) is 4.43. The van der Waals surface area contributed by atoms with Gasteiger partial charge in [0.25, 0.3) is 0 Å². The van der Waals surface area contributed by atoms with Gasteiger partial charge in [0.05, 0.1) is 19.6 Å². The number of rotatable bonds is 6. The van der Waals surface area contributed by atoms with Crippen LogP contribution in [-0.4, -0.2) is 23.4 Å². The third-order valence-corrected chi connectivity index (χ3v) is 5.81. The van der Waals surface area contributed by atoms with Crippen LogP contribution in [0.15, 0.2) is 60.8 Å². The Kier molecular flexibility index (Phi) is 6.77. The van der Waals surface area contributed by atoms with Crippen LogP contribution in [-0.2, 0) is 12.0 Å². The van der Waals surface area contributed by atoms with Gasteiger partial charge in [-0.2, -0.15) is 18.4 Å². The monoisotopic (exact) mass is 460 g/mol. The van der Waals surface area contributed by atoms with Gasteiger partial charge in [-0.25, -0.2) is 4.98 Å². The van der Waals surface area contributed by atoms with Gasteiger partial charge in [0, 0.05) is 28.8 Å². The molecular formula is C24H20ClF3N2O2. The predicted octanol–water partition coefficient (Wildman–Crippen LogP) is 6.03. The lowest BCUT2D eigenvalue weighted by atomic mass is 9.78. The van der Waals surface area contributed by atoms with Crippen molar-refractivity contribution in [3.63, 3.8) is 0 Å². The van der Waals surface area contributed by atoms with E-state index in [2.05, 4.69) is 11.1 Å². The molecule has 0 aliphatic heterocycles. The van der Waals surface area contributed by atoms with Gasteiger partial charge in [-0.1, -0.05) is 54.9 Å². The summed E-state index contributed by atoms with van der Waals surface area (Å²) < 4.78 is 47.2. The molecule has 0 aliphatic rings. The fraction of sp³-hybridized carbons (Fsp3) is 0.250. The van der Waals surface area contributed by atoms with E-state index in [1.54, 1.807) is 12.1 Å². The van der Waals surface area contributed by atoms with E-state index in [4.69, 9.17) is 21.6 Å². The number of alkyl halides is 3. The second-order valence-corrected chi connectivity index (χ2v) is 7.75. The van der Waals surface area contributed by atoms with Gasteiger partial charge in [0.1, 0.15) is 0 Å². The SMILES string of the molecule is COc1ccc(C(O)(C(C)c2ccc(-c3ccc(CC#N)cc3)cc2Cl)C(F)(F)F)cn1. The number of ether oxygens (including phenoxy) is 1. The highest BCUT2D eigenvalue weighted by Gasteiger charge is 2.59. The minimum atomic E-state index is -4.98. The molecule has 0 bridgehead atoms. The summed E-state index contributed by atoms with van der Waals surface area (Å²) in [5, 5.41) is 19.8. The van der Waals surface area contributed by atoms with Crippen LogP contribution in [0, 0.1) is 11.3 Å². The third-order valence-electron chi connectivity index (χ3n) is 5.48. The number of hydrogen-bond acceptors (Lipinski definition) is 4. The maximum atomic E-state index is 14.1. The number of hydrogen-bond donors (Lipinski definition) is 1. The van der Waals surface area contributed by atoms with Gasteiger partial charge < -0.3 is 9.84 Å². The molecule has 32 heavy (non-hydrogen) atoms. The number of pyridine rings is 1. The molecule has 0 saturated heterocycles. The minimum absolute atomic E-state index is 0.0975. The summed E-state index contributed by atoms with van der Waals surface area (Å²) in [6.07, 6.45) is -3.75. The van der Waals surface area contributed by atoms with E-state index in [9.17, 15) is 18.3 Å². The minimum Gasteiger partial charge on any atom is -0.481 e. The van der Waals surface area contributed by atoms with E-state index in [-0.39, 0.29) is 22.9 Å². The lowest BCUT2D eigenvalue weighted by Gasteiger charge is -2.36. The van der Waals surface area contributed by atoms with Crippen LogP contribution in [0.4, 0.5) is 13.2 Å². The number of aliphatic hydroxyl groups is 1. The highest BCUT2D eigenvalue weighted by Crippen LogP contribution is 2.50. The van der Waals surface area contributed by atoms with Crippen molar-refractivity contribution in [2.24, 2.45) is 0 Å². The smallest absolute Gasteiger partial charge is 0.422 e. The average Bonchev–Trinajstić information content (AvgIpc) is 2.78. The van der Waals surface area contributed by atoms with Crippen molar-refractivity contribution in [3.05, 3.63) is 82.5 Å². The predicted molar refractivity (Wildman–Crippen MR) is 115 cm³/mol. The highest BCUT2D eigenvalue weighted by molar-refractivity contribution is 6.31. The summed E-state index contributed by atoms with van der Waals surface area (Å²) in [5.74, 6) is -1.29. The fourth-order valence-corrected chi connectivity index (χ4v) is 3.92. The zero-order valence-corrected chi connectivity index (χ0v) is 18.1. The van der Waals surface area contributed by atoms with Crippen molar-refractivity contribution in [2.75, 3.05) is 7.11 Å². The largest absolute Gasteiger partial charge is 0.481 e. The number of nitrogens with zero attached hydrogens (tertiary/aromatic N) is 2. The molecule has 0 aliphatic carbocycles. The first kappa shape index (κ1) is 23.6. The van der Waals surface area contributed by atoms with Crippen LogP contribution >= 0.6 is 11.6 Å². The van der Waals surface area contributed by atoms with Crippen LogP contribution in [0.25, 0.3) is 11.1 Å². The topological polar surface area (TPSA) is 66.1 Å². The van der Waals surface area contributed by atoms with Crippen LogP contribution in [0.2, 0.25) is 5.02 Å². The zero-order valence-electron chi connectivity index (χ0n) is 17.3. The molecule has 3 aromatic rings. The molecule has 2 atom stereocenters. The average molecular weight is 461 g/mol. The van der Waals surface area contributed by atoms with Gasteiger partial charge in [-0.05, 0) is 34.4 Å². The Bertz CT molecular complexity index is 1130. The summed E-state index contributed by atoms with van der Waals surface area (Å²) in [4.78, 5) is 3.81. The van der Waals surface area contributed by atoms with Crippen molar-refractivity contribution in [1.82, 2.24) is 4.98 Å². The summed E-state index contributed by atoms with van der Waals surface area (Å²) >= 11 is 6.39. The van der Waals surface area contributed by atoms with E-state index < -0.39 is 23.3 Å². The Labute approximate surface area is 188 Å². The number of benzene rings is 2. The molecule has 3 rings (SSSR count). The molecule has 166 valence electrons. The number of nitriles is 1. The maximum absolute atomic E-state index is 14.1. The van der Waals surface area contributed by atoms with Crippen LogP contribution in [0.1, 0.15) is 29.5 Å². The van der Waals surface area contributed by atoms with E-state index >= 15 is 0 Å². The van der Waals surface area contributed by atoms with E-state index in [1.165, 1.54) is 26.2 Å². The normalized spacial score (nSPS) is 14.3. The molecule has 1 N–H and O–H groups in total.